The summed E-state index contributed by atoms with van der Waals surface area (Å²) in [5.74, 6) is 1.54. The van der Waals surface area contributed by atoms with Gasteiger partial charge in [0.25, 0.3) is 0 Å². The van der Waals surface area contributed by atoms with Gasteiger partial charge in [0.15, 0.2) is 11.6 Å². The molecule has 2 N–H and O–H groups in total. The standard InChI is InChI=1S/C26H28N8OS/c1-34-15-17-11-19(10-16-6-5-9-26(23(16)17)12-20(26)34)29-25-28-14-18(13-27)24(32-25)31-21-7-4-8-22(30-21)33-36(2,3)35/h4,7-8,10-11,14,20H,5-6,9,12,15H2,1-3H3,(H2,28,29,30,31,32). The van der Waals surface area contributed by atoms with Gasteiger partial charge in [0, 0.05) is 45.9 Å². The van der Waals surface area contributed by atoms with Crippen molar-refractivity contribution in [2.24, 2.45) is 4.36 Å². The van der Waals surface area contributed by atoms with Gasteiger partial charge in [-0.2, -0.15) is 14.6 Å². The minimum absolute atomic E-state index is 0.295. The number of pyridine rings is 1. The average Bonchev–Trinajstić information content (AvgIpc) is 3.54. The Bertz CT molecular complexity index is 1550. The van der Waals surface area contributed by atoms with Gasteiger partial charge in [-0.05, 0) is 73.7 Å². The lowest BCUT2D eigenvalue weighted by Crippen LogP contribution is -2.36. The molecule has 6 rings (SSSR count). The molecule has 9 nitrogen and oxygen atoms in total. The lowest BCUT2D eigenvalue weighted by atomic mass is 9.75. The molecule has 3 heterocycles. The van der Waals surface area contributed by atoms with Crippen LogP contribution in [0.1, 0.15) is 41.5 Å². The second kappa shape index (κ2) is 8.25. The summed E-state index contributed by atoms with van der Waals surface area (Å²) in [7, 11) is -0.114. The maximum Gasteiger partial charge on any atom is 0.229 e. The summed E-state index contributed by atoms with van der Waals surface area (Å²) >= 11 is 0. The van der Waals surface area contributed by atoms with Crippen molar-refractivity contribution < 1.29 is 4.21 Å². The Morgan fingerprint density at radius 3 is 2.86 bits per heavy atom. The van der Waals surface area contributed by atoms with Gasteiger partial charge in [-0.15, -0.1) is 0 Å². The van der Waals surface area contributed by atoms with Crippen molar-refractivity contribution in [1.82, 2.24) is 19.9 Å². The van der Waals surface area contributed by atoms with Crippen molar-refractivity contribution in [2.45, 2.75) is 43.7 Å². The Morgan fingerprint density at radius 1 is 1.22 bits per heavy atom. The molecule has 1 spiro atoms. The molecular formula is C26H28N8OS. The van der Waals surface area contributed by atoms with Gasteiger partial charge in [0.05, 0.1) is 6.20 Å². The Labute approximate surface area is 211 Å². The predicted molar refractivity (Wildman–Crippen MR) is 141 cm³/mol. The summed E-state index contributed by atoms with van der Waals surface area (Å²) in [6.45, 7) is 0.959. The van der Waals surface area contributed by atoms with Gasteiger partial charge in [-0.25, -0.2) is 14.2 Å². The fraction of sp³-hybridized carbons (Fsp3) is 0.385. The molecule has 10 heteroatoms. The fourth-order valence-corrected chi connectivity index (χ4v) is 6.49. The van der Waals surface area contributed by atoms with Gasteiger partial charge in [-0.1, -0.05) is 6.07 Å². The zero-order valence-electron chi connectivity index (χ0n) is 20.6. The number of aromatic nitrogens is 3. The normalized spacial score (nSPS) is 22.1. The maximum atomic E-state index is 12.0. The molecular weight excluding hydrogens is 472 g/mol. The number of hydrogen-bond acceptors (Lipinski definition) is 9. The van der Waals surface area contributed by atoms with Crippen LogP contribution in [0.15, 0.2) is 40.9 Å². The van der Waals surface area contributed by atoms with E-state index in [2.05, 4.69) is 60.1 Å². The first-order valence-corrected chi connectivity index (χ1v) is 14.4. The minimum atomic E-state index is -2.34. The van der Waals surface area contributed by atoms with Crippen molar-refractivity contribution in [1.29, 1.82) is 5.26 Å². The number of likely N-dealkylation sites (N-methyl/N-ethyl adjacent to an activating group) is 1. The van der Waals surface area contributed by atoms with Crippen LogP contribution in [-0.2, 0) is 28.1 Å². The van der Waals surface area contributed by atoms with E-state index in [4.69, 9.17) is 0 Å². The third-order valence-electron chi connectivity index (χ3n) is 7.32. The monoisotopic (exact) mass is 500 g/mol. The smallest absolute Gasteiger partial charge is 0.229 e. The van der Waals surface area contributed by atoms with Crippen molar-refractivity contribution in [3.63, 3.8) is 0 Å². The van der Waals surface area contributed by atoms with Gasteiger partial charge < -0.3 is 10.6 Å². The van der Waals surface area contributed by atoms with Crippen LogP contribution in [0.3, 0.4) is 0 Å². The van der Waals surface area contributed by atoms with Gasteiger partial charge in [0.2, 0.25) is 5.95 Å². The largest absolute Gasteiger partial charge is 0.324 e. The number of benzene rings is 1. The highest BCUT2D eigenvalue weighted by atomic mass is 32.2. The lowest BCUT2D eigenvalue weighted by molar-refractivity contribution is 0.259. The van der Waals surface area contributed by atoms with E-state index in [-0.39, 0.29) is 0 Å². The van der Waals surface area contributed by atoms with Crippen molar-refractivity contribution in [3.05, 3.63) is 58.8 Å². The fourth-order valence-electron chi connectivity index (χ4n) is 5.94. The van der Waals surface area contributed by atoms with Crippen LogP contribution < -0.4 is 10.6 Å². The zero-order valence-corrected chi connectivity index (χ0v) is 21.4. The number of nitrogens with one attached hydrogen (secondary N) is 2. The van der Waals surface area contributed by atoms with Crippen LogP contribution in [-0.4, -0.2) is 49.7 Å². The molecule has 0 amide bonds. The van der Waals surface area contributed by atoms with Gasteiger partial charge in [-0.3, -0.25) is 4.90 Å². The highest BCUT2D eigenvalue weighted by Gasteiger charge is 2.61. The quantitative estimate of drug-likeness (QED) is 0.530. The van der Waals surface area contributed by atoms with Crippen LogP contribution in [0.4, 0.5) is 29.1 Å². The number of hydrogen-bond donors (Lipinski definition) is 2. The first kappa shape index (κ1) is 22.9. The predicted octanol–water partition coefficient (Wildman–Crippen LogP) is 4.38. The SMILES string of the molecule is CN1Cc2cc(Nc3ncc(C#N)c(Nc4cccc(N=S(C)(C)=O)n4)n3)cc3c2C2(CCC3)CC12. The summed E-state index contributed by atoms with van der Waals surface area (Å²) in [4.78, 5) is 15.8. The lowest BCUT2D eigenvalue weighted by Gasteiger charge is -2.37. The molecule has 3 aromatic rings. The first-order valence-electron chi connectivity index (χ1n) is 12.1. The summed E-state index contributed by atoms with van der Waals surface area (Å²) in [5.41, 5.74) is 6.05. The van der Waals surface area contributed by atoms with E-state index in [0.29, 0.717) is 40.4 Å². The molecule has 0 saturated heterocycles. The molecule has 1 saturated carbocycles. The third kappa shape index (κ3) is 4.08. The van der Waals surface area contributed by atoms with E-state index in [1.54, 1.807) is 36.3 Å². The van der Waals surface area contributed by atoms with E-state index in [1.807, 2.05) is 0 Å². The second-order valence-corrected chi connectivity index (χ2v) is 12.8. The summed E-state index contributed by atoms with van der Waals surface area (Å²) in [6, 6.07) is 12.5. The molecule has 36 heavy (non-hydrogen) atoms. The van der Waals surface area contributed by atoms with Crippen LogP contribution >= 0.6 is 0 Å². The molecule has 0 bridgehead atoms. The highest BCUT2D eigenvalue weighted by Crippen LogP contribution is 2.61. The number of rotatable bonds is 5. The Morgan fingerprint density at radius 2 is 2.06 bits per heavy atom. The van der Waals surface area contributed by atoms with Crippen molar-refractivity contribution in [3.8, 4) is 6.07 Å². The van der Waals surface area contributed by atoms with E-state index in [0.717, 1.165) is 18.7 Å². The number of nitriles is 1. The molecule has 2 aromatic heterocycles. The minimum Gasteiger partial charge on any atom is -0.324 e. The number of nitrogens with zero attached hydrogens (tertiary/aromatic N) is 6. The summed E-state index contributed by atoms with van der Waals surface area (Å²) < 4.78 is 16.2. The molecule has 2 aliphatic carbocycles. The third-order valence-corrected chi connectivity index (χ3v) is 7.94. The Balaban J connectivity index is 1.30. The van der Waals surface area contributed by atoms with Gasteiger partial charge in [0.1, 0.15) is 17.5 Å². The molecule has 2 atom stereocenters. The topological polar surface area (TPSA) is 119 Å². The van der Waals surface area contributed by atoms with E-state index in [9.17, 15) is 9.47 Å². The number of anilines is 4. The molecule has 184 valence electrons. The van der Waals surface area contributed by atoms with Crippen LogP contribution in [0, 0.1) is 11.3 Å². The molecule has 3 aliphatic rings. The van der Waals surface area contributed by atoms with Crippen LogP contribution in [0.25, 0.3) is 0 Å². The number of aryl methyl sites for hydroxylation is 1. The van der Waals surface area contributed by atoms with E-state index in [1.165, 1.54) is 36.6 Å². The van der Waals surface area contributed by atoms with Crippen molar-refractivity contribution >= 4 is 38.8 Å². The average molecular weight is 501 g/mol. The summed E-state index contributed by atoms with van der Waals surface area (Å²) in [6.07, 6.45) is 9.51. The molecule has 0 radical (unpaired) electrons. The summed E-state index contributed by atoms with van der Waals surface area (Å²) in [5, 5.41) is 16.1. The van der Waals surface area contributed by atoms with Crippen LogP contribution in [0.5, 0.6) is 0 Å². The highest BCUT2D eigenvalue weighted by molar-refractivity contribution is 7.92. The Hall–Kier alpha value is -3.55. The van der Waals surface area contributed by atoms with Crippen LogP contribution in [0.2, 0.25) is 0 Å². The molecule has 2 unspecified atom stereocenters. The Kier molecular flexibility index (Phi) is 5.24. The maximum absolute atomic E-state index is 12.0. The first-order chi connectivity index (χ1) is 17.2. The van der Waals surface area contributed by atoms with E-state index < -0.39 is 9.73 Å². The zero-order chi connectivity index (χ0) is 25.1. The second-order valence-electron chi connectivity index (χ2n) is 10.3. The molecule has 1 aromatic carbocycles. The molecule has 1 aliphatic heterocycles. The van der Waals surface area contributed by atoms with E-state index >= 15 is 0 Å². The van der Waals surface area contributed by atoms with Gasteiger partial charge >= 0.3 is 0 Å². The molecule has 1 fully saturated rings. The van der Waals surface area contributed by atoms with Crippen molar-refractivity contribution in [2.75, 3.05) is 30.2 Å².